The van der Waals surface area contributed by atoms with Crippen molar-refractivity contribution in [3.05, 3.63) is 53.7 Å². The van der Waals surface area contributed by atoms with Gasteiger partial charge in [0.25, 0.3) is 0 Å². The zero-order valence-electron chi connectivity index (χ0n) is 21.2. The van der Waals surface area contributed by atoms with Crippen LogP contribution in [0.4, 0.5) is 17.2 Å². The maximum absolute atomic E-state index is 12.0. The van der Waals surface area contributed by atoms with E-state index in [1.165, 1.54) is 17.3 Å². The molecule has 4 aliphatic heterocycles. The van der Waals surface area contributed by atoms with Gasteiger partial charge in [-0.25, -0.2) is 4.98 Å². The van der Waals surface area contributed by atoms with E-state index < -0.39 is 0 Å². The van der Waals surface area contributed by atoms with Crippen LogP contribution in [0.2, 0.25) is 0 Å². The lowest BCUT2D eigenvalue weighted by Gasteiger charge is -2.43. The molecule has 1 aromatic heterocycles. The quantitative estimate of drug-likeness (QED) is 0.658. The Balaban J connectivity index is 1.21. The first kappa shape index (κ1) is 23.3. The van der Waals surface area contributed by atoms with Gasteiger partial charge in [0.15, 0.2) is 0 Å². The highest BCUT2D eigenvalue weighted by molar-refractivity contribution is 5.87. The summed E-state index contributed by atoms with van der Waals surface area (Å²) in [7, 11) is 0. The van der Waals surface area contributed by atoms with E-state index in [9.17, 15) is 4.79 Å². The third-order valence-electron chi connectivity index (χ3n) is 8.12. The number of carbonyl (C=O) groups is 1. The highest BCUT2D eigenvalue weighted by atomic mass is 16.5. The molecule has 6 rings (SSSR count). The zero-order valence-corrected chi connectivity index (χ0v) is 21.2. The first-order chi connectivity index (χ1) is 17.5. The van der Waals surface area contributed by atoms with Crippen molar-refractivity contribution >= 4 is 23.1 Å². The number of likely N-dealkylation sites (tertiary alicyclic amines) is 2. The smallest absolute Gasteiger partial charge is 0.246 e. The third kappa shape index (κ3) is 4.12. The number of hydrogen-bond acceptors (Lipinski definition) is 7. The predicted octanol–water partition coefficient (Wildman–Crippen LogP) is 3.61. The van der Waals surface area contributed by atoms with Gasteiger partial charge in [-0.2, -0.15) is 0 Å². The normalized spacial score (nSPS) is 24.2. The standard InChI is InChI=1S/C28H35N5O3/c1-4-25(34)32-8-6-22(17-32)33-15-21(16-33)20-13-18(2)27-23(14-20)30-28-26(19(3)36-27)24(5-7-29-28)31-9-11-35-12-10-31/h4-5,7,13-14,19,21-22H,1,6,8-12,15-17H2,2-3H3,(H,29,30)/t19-,22+/m0/s1. The highest BCUT2D eigenvalue weighted by Gasteiger charge is 2.38. The van der Waals surface area contributed by atoms with Crippen LogP contribution in [0.3, 0.4) is 0 Å². The first-order valence-corrected chi connectivity index (χ1v) is 13.1. The zero-order chi connectivity index (χ0) is 24.8. The topological polar surface area (TPSA) is 70.2 Å². The number of nitrogens with zero attached hydrogens (tertiary/aromatic N) is 4. The summed E-state index contributed by atoms with van der Waals surface area (Å²) in [4.78, 5) is 23.5. The largest absolute Gasteiger partial charge is 0.483 e. The molecule has 8 nitrogen and oxygen atoms in total. The average molecular weight is 490 g/mol. The molecule has 5 heterocycles. The molecule has 0 spiro atoms. The summed E-state index contributed by atoms with van der Waals surface area (Å²) in [6.07, 6.45) is 4.23. The van der Waals surface area contributed by atoms with Gasteiger partial charge in [0.2, 0.25) is 5.91 Å². The lowest BCUT2D eigenvalue weighted by molar-refractivity contribution is -0.125. The number of pyridine rings is 1. The molecule has 0 bridgehead atoms. The number of ether oxygens (including phenoxy) is 2. The summed E-state index contributed by atoms with van der Waals surface area (Å²) < 4.78 is 12.1. The molecular formula is C28H35N5O3. The molecule has 0 unspecified atom stereocenters. The fraction of sp³-hybridized carbons (Fsp3) is 0.500. The molecule has 190 valence electrons. The third-order valence-corrected chi connectivity index (χ3v) is 8.12. The van der Waals surface area contributed by atoms with Crippen LogP contribution in [-0.4, -0.2) is 79.2 Å². The Morgan fingerprint density at radius 1 is 1.19 bits per heavy atom. The number of aryl methyl sites for hydroxylation is 1. The summed E-state index contributed by atoms with van der Waals surface area (Å²) in [6.45, 7) is 14.8. The molecule has 8 heteroatoms. The Morgan fingerprint density at radius 3 is 2.78 bits per heavy atom. The van der Waals surface area contributed by atoms with Gasteiger partial charge in [-0.3, -0.25) is 9.69 Å². The van der Waals surface area contributed by atoms with E-state index in [0.717, 1.165) is 87.3 Å². The van der Waals surface area contributed by atoms with E-state index in [1.54, 1.807) is 0 Å². The van der Waals surface area contributed by atoms with Gasteiger partial charge in [0.1, 0.15) is 17.7 Å². The van der Waals surface area contributed by atoms with Crippen molar-refractivity contribution in [3.63, 3.8) is 0 Å². The Kier molecular flexibility index (Phi) is 6.09. The van der Waals surface area contributed by atoms with E-state index in [4.69, 9.17) is 14.5 Å². The van der Waals surface area contributed by atoms with Gasteiger partial charge in [0.05, 0.1) is 24.5 Å². The number of hydrogen-bond donors (Lipinski definition) is 1. The van der Waals surface area contributed by atoms with Crippen LogP contribution in [0.25, 0.3) is 0 Å². The second kappa shape index (κ2) is 9.41. The number of nitrogens with one attached hydrogen (secondary N) is 1. The van der Waals surface area contributed by atoms with E-state index in [-0.39, 0.29) is 12.0 Å². The van der Waals surface area contributed by atoms with Gasteiger partial charge >= 0.3 is 0 Å². The molecule has 0 radical (unpaired) electrons. The molecule has 0 aliphatic carbocycles. The molecule has 1 N–H and O–H groups in total. The number of rotatable bonds is 4. The number of anilines is 3. The van der Waals surface area contributed by atoms with Crippen molar-refractivity contribution in [2.45, 2.75) is 38.3 Å². The van der Waals surface area contributed by atoms with Crippen molar-refractivity contribution in [3.8, 4) is 5.75 Å². The minimum absolute atomic E-state index is 0.0434. The maximum Gasteiger partial charge on any atom is 0.246 e. The molecule has 3 saturated heterocycles. The Bertz CT molecular complexity index is 1170. The molecular weight excluding hydrogens is 454 g/mol. The molecule has 2 atom stereocenters. The number of fused-ring (bicyclic) bond motifs is 2. The second-order valence-corrected chi connectivity index (χ2v) is 10.4. The summed E-state index contributed by atoms with van der Waals surface area (Å²) >= 11 is 0. The average Bonchev–Trinajstić information content (AvgIpc) is 3.29. The molecule has 1 aromatic carbocycles. The molecule has 0 saturated carbocycles. The second-order valence-electron chi connectivity index (χ2n) is 10.4. The van der Waals surface area contributed by atoms with Gasteiger partial charge in [-0.1, -0.05) is 12.6 Å². The van der Waals surface area contributed by atoms with Crippen molar-refractivity contribution in [1.82, 2.24) is 14.8 Å². The fourth-order valence-corrected chi connectivity index (χ4v) is 6.08. The Hall–Kier alpha value is -3.10. The number of amides is 1. The van der Waals surface area contributed by atoms with Crippen LogP contribution in [0.15, 0.2) is 37.1 Å². The van der Waals surface area contributed by atoms with E-state index in [0.29, 0.717) is 12.0 Å². The first-order valence-electron chi connectivity index (χ1n) is 13.1. The van der Waals surface area contributed by atoms with Crippen LogP contribution in [0.1, 0.15) is 42.1 Å². The number of benzene rings is 1. The van der Waals surface area contributed by atoms with Crippen LogP contribution < -0.4 is 15.0 Å². The SMILES string of the molecule is C=CC(=O)N1CC[C@@H](N2CC(c3cc(C)c4c(c3)Nc3nccc(N5CCOCC5)c3[C@H](C)O4)C2)C1. The van der Waals surface area contributed by atoms with Crippen LogP contribution in [0.5, 0.6) is 5.75 Å². The number of aromatic nitrogens is 1. The molecule has 4 aliphatic rings. The lowest BCUT2D eigenvalue weighted by Crippen LogP contribution is -2.51. The molecule has 3 fully saturated rings. The van der Waals surface area contributed by atoms with E-state index >= 15 is 0 Å². The predicted molar refractivity (Wildman–Crippen MR) is 140 cm³/mol. The van der Waals surface area contributed by atoms with Gasteiger partial charge < -0.3 is 24.6 Å². The van der Waals surface area contributed by atoms with E-state index in [2.05, 4.69) is 53.7 Å². The van der Waals surface area contributed by atoms with Gasteiger partial charge in [-0.15, -0.1) is 0 Å². The molecule has 2 aromatic rings. The van der Waals surface area contributed by atoms with Crippen molar-refractivity contribution in [2.24, 2.45) is 0 Å². The summed E-state index contributed by atoms with van der Waals surface area (Å²) in [5.41, 5.74) is 5.74. The van der Waals surface area contributed by atoms with Crippen molar-refractivity contribution < 1.29 is 14.3 Å². The minimum atomic E-state index is -0.118. The summed E-state index contributed by atoms with van der Waals surface area (Å²) in [6, 6.07) is 7.07. The fourth-order valence-electron chi connectivity index (χ4n) is 6.08. The Morgan fingerprint density at radius 2 is 2.00 bits per heavy atom. The van der Waals surface area contributed by atoms with E-state index in [1.807, 2.05) is 11.1 Å². The van der Waals surface area contributed by atoms with Crippen LogP contribution in [0, 0.1) is 6.92 Å². The molecule has 36 heavy (non-hydrogen) atoms. The van der Waals surface area contributed by atoms with Crippen molar-refractivity contribution in [1.29, 1.82) is 0 Å². The Labute approximate surface area is 212 Å². The monoisotopic (exact) mass is 489 g/mol. The number of morpholine rings is 1. The summed E-state index contributed by atoms with van der Waals surface area (Å²) in [5.74, 6) is 2.30. The van der Waals surface area contributed by atoms with Crippen molar-refractivity contribution in [2.75, 3.05) is 62.7 Å². The van der Waals surface area contributed by atoms with Crippen LogP contribution in [-0.2, 0) is 9.53 Å². The highest BCUT2D eigenvalue weighted by Crippen LogP contribution is 2.45. The lowest BCUT2D eigenvalue weighted by atomic mass is 9.88. The van der Waals surface area contributed by atoms with Crippen LogP contribution >= 0.6 is 0 Å². The minimum Gasteiger partial charge on any atom is -0.483 e. The summed E-state index contributed by atoms with van der Waals surface area (Å²) in [5, 5.41) is 3.63. The van der Waals surface area contributed by atoms with Gasteiger partial charge in [-0.05, 0) is 49.6 Å². The number of carbonyl (C=O) groups excluding carboxylic acids is 1. The molecule has 1 amide bonds. The maximum atomic E-state index is 12.0. The van der Waals surface area contributed by atoms with Gasteiger partial charge in [0, 0.05) is 63.1 Å².